The number of aliphatic imine (C=N–C) groups is 1. The molecule has 146 valence electrons. The number of hydrogen-bond acceptors (Lipinski definition) is 8. The van der Waals surface area contributed by atoms with Gasteiger partial charge in [-0.25, -0.2) is 9.59 Å². The molecule has 0 aliphatic rings. The molecule has 0 fully saturated rings. The normalized spacial score (nSPS) is 10.6. The molecule has 0 heterocycles. The topological polar surface area (TPSA) is 128 Å². The van der Waals surface area contributed by atoms with E-state index in [9.17, 15) is 24.8 Å². The summed E-state index contributed by atoms with van der Waals surface area (Å²) in [4.78, 5) is 38.5. The van der Waals surface area contributed by atoms with E-state index in [1.54, 1.807) is 13.8 Å². The fourth-order valence-electron chi connectivity index (χ4n) is 2.25. The van der Waals surface area contributed by atoms with Crippen molar-refractivity contribution < 1.29 is 29.1 Å². The maximum Gasteiger partial charge on any atom is 0.338 e. The van der Waals surface area contributed by atoms with E-state index in [-0.39, 0.29) is 47.0 Å². The second-order valence-corrected chi connectivity index (χ2v) is 5.47. The Balaban J connectivity index is 2.45. The number of phenolic OH excluding ortho intramolecular Hbond substituents is 1. The molecule has 0 unspecified atom stereocenters. The van der Waals surface area contributed by atoms with Crippen molar-refractivity contribution in [3.05, 3.63) is 63.2 Å². The second kappa shape index (κ2) is 9.26. The van der Waals surface area contributed by atoms with Gasteiger partial charge in [0.1, 0.15) is 5.75 Å². The minimum atomic E-state index is -0.636. The number of rotatable bonds is 7. The van der Waals surface area contributed by atoms with Crippen LogP contribution in [0.3, 0.4) is 0 Å². The Hall–Kier alpha value is -3.75. The molecule has 0 aromatic heterocycles. The van der Waals surface area contributed by atoms with E-state index in [1.165, 1.54) is 30.5 Å². The van der Waals surface area contributed by atoms with Crippen LogP contribution in [0, 0.1) is 10.1 Å². The summed E-state index contributed by atoms with van der Waals surface area (Å²) in [5.74, 6) is -1.48. The van der Waals surface area contributed by atoms with Gasteiger partial charge in [0, 0.05) is 23.9 Å². The smallest absolute Gasteiger partial charge is 0.338 e. The molecule has 0 aliphatic carbocycles. The van der Waals surface area contributed by atoms with Crippen LogP contribution in [0.1, 0.15) is 40.1 Å². The first kappa shape index (κ1) is 20.6. The van der Waals surface area contributed by atoms with Crippen molar-refractivity contribution in [3.8, 4) is 5.75 Å². The molecular formula is C19H18N2O7. The molecule has 9 nitrogen and oxygen atoms in total. The van der Waals surface area contributed by atoms with Gasteiger partial charge in [0.05, 0.1) is 35.0 Å². The summed E-state index contributed by atoms with van der Waals surface area (Å²) in [6.45, 7) is 3.61. The third-order valence-electron chi connectivity index (χ3n) is 3.51. The van der Waals surface area contributed by atoms with Gasteiger partial charge in [-0.3, -0.25) is 15.1 Å². The second-order valence-electron chi connectivity index (χ2n) is 5.47. The van der Waals surface area contributed by atoms with Crippen LogP contribution in [-0.4, -0.2) is 41.4 Å². The van der Waals surface area contributed by atoms with Gasteiger partial charge in [0.2, 0.25) is 0 Å². The average Bonchev–Trinajstić information content (AvgIpc) is 2.67. The number of non-ortho nitro benzene ring substituents is 1. The van der Waals surface area contributed by atoms with Gasteiger partial charge in [0.15, 0.2) is 0 Å². The van der Waals surface area contributed by atoms with Crippen molar-refractivity contribution in [1.82, 2.24) is 0 Å². The number of nitro benzene ring substituents is 1. The van der Waals surface area contributed by atoms with E-state index in [2.05, 4.69) is 4.99 Å². The highest BCUT2D eigenvalue weighted by Gasteiger charge is 2.15. The largest absolute Gasteiger partial charge is 0.507 e. The Morgan fingerprint density at radius 1 is 1.07 bits per heavy atom. The van der Waals surface area contributed by atoms with Gasteiger partial charge in [-0.15, -0.1) is 0 Å². The molecule has 28 heavy (non-hydrogen) atoms. The molecule has 0 bridgehead atoms. The van der Waals surface area contributed by atoms with Crippen molar-refractivity contribution in [3.63, 3.8) is 0 Å². The SMILES string of the molecule is CCOC(=O)c1cc(N=Cc2cc([N+](=O)[O-])ccc2O)cc(C(=O)OCC)c1. The first-order valence-electron chi connectivity index (χ1n) is 8.36. The third-order valence-corrected chi connectivity index (χ3v) is 3.51. The molecule has 0 saturated heterocycles. The summed E-state index contributed by atoms with van der Waals surface area (Å²) in [5.41, 5.74) is 0.297. The number of nitrogens with zero attached hydrogens (tertiary/aromatic N) is 2. The molecule has 0 radical (unpaired) electrons. The molecule has 0 amide bonds. The highest BCUT2D eigenvalue weighted by Crippen LogP contribution is 2.24. The molecule has 2 aromatic carbocycles. The zero-order chi connectivity index (χ0) is 20.7. The summed E-state index contributed by atoms with van der Waals surface area (Å²) in [5, 5.41) is 20.7. The fraction of sp³-hybridized carbons (Fsp3) is 0.211. The van der Waals surface area contributed by atoms with Gasteiger partial charge in [-0.2, -0.15) is 0 Å². The van der Waals surface area contributed by atoms with Crippen molar-refractivity contribution in [2.75, 3.05) is 13.2 Å². The minimum absolute atomic E-state index is 0.0998. The van der Waals surface area contributed by atoms with Gasteiger partial charge in [0.25, 0.3) is 5.69 Å². The van der Waals surface area contributed by atoms with E-state index in [4.69, 9.17) is 9.47 Å². The molecule has 9 heteroatoms. The Morgan fingerprint density at radius 3 is 2.14 bits per heavy atom. The molecule has 0 aliphatic heterocycles. The lowest BCUT2D eigenvalue weighted by atomic mass is 10.1. The van der Waals surface area contributed by atoms with E-state index in [1.807, 2.05) is 0 Å². The number of esters is 2. The summed E-state index contributed by atoms with van der Waals surface area (Å²) in [7, 11) is 0. The van der Waals surface area contributed by atoms with Gasteiger partial charge < -0.3 is 14.6 Å². The van der Waals surface area contributed by atoms with Gasteiger partial charge in [-0.1, -0.05) is 0 Å². The Kier molecular flexibility index (Phi) is 6.80. The number of carbonyl (C=O) groups is 2. The predicted octanol–water partition coefficient (Wildman–Crippen LogP) is 3.40. The van der Waals surface area contributed by atoms with Crippen LogP contribution < -0.4 is 0 Å². The van der Waals surface area contributed by atoms with Crippen LogP contribution in [-0.2, 0) is 9.47 Å². The Morgan fingerprint density at radius 2 is 1.64 bits per heavy atom. The molecule has 0 spiro atoms. The molecule has 0 saturated carbocycles. The van der Waals surface area contributed by atoms with Gasteiger partial charge >= 0.3 is 11.9 Å². The minimum Gasteiger partial charge on any atom is -0.507 e. The van der Waals surface area contributed by atoms with Crippen LogP contribution in [0.15, 0.2) is 41.4 Å². The number of aromatic hydroxyl groups is 1. The number of phenols is 1. The number of ether oxygens (including phenoxy) is 2. The highest BCUT2D eigenvalue weighted by atomic mass is 16.6. The molecular weight excluding hydrogens is 368 g/mol. The van der Waals surface area contributed by atoms with Crippen LogP contribution in [0.2, 0.25) is 0 Å². The standard InChI is InChI=1S/C19H18N2O7/c1-3-27-18(23)12-7-13(19(24)28-4-2)9-15(8-12)20-11-14-10-16(21(25)26)5-6-17(14)22/h5-11,22H,3-4H2,1-2H3. The lowest BCUT2D eigenvalue weighted by Gasteiger charge is -2.07. The summed E-state index contributed by atoms with van der Waals surface area (Å²) >= 11 is 0. The molecule has 2 aromatic rings. The van der Waals surface area contributed by atoms with Crippen molar-refractivity contribution in [2.45, 2.75) is 13.8 Å². The first-order chi connectivity index (χ1) is 13.3. The number of benzene rings is 2. The molecule has 1 N–H and O–H groups in total. The average molecular weight is 386 g/mol. The number of carbonyl (C=O) groups excluding carboxylic acids is 2. The maximum atomic E-state index is 12.0. The number of nitro groups is 1. The summed E-state index contributed by atoms with van der Waals surface area (Å²) in [6, 6.07) is 7.61. The Bertz CT molecular complexity index is 902. The van der Waals surface area contributed by atoms with E-state index in [0.29, 0.717) is 0 Å². The van der Waals surface area contributed by atoms with E-state index in [0.717, 1.165) is 12.1 Å². The highest BCUT2D eigenvalue weighted by molar-refractivity contribution is 5.97. The molecule has 2 rings (SSSR count). The quantitative estimate of drug-likeness (QED) is 0.334. The molecule has 0 atom stereocenters. The van der Waals surface area contributed by atoms with Gasteiger partial charge in [-0.05, 0) is 38.1 Å². The predicted molar refractivity (Wildman–Crippen MR) is 100 cm³/mol. The maximum absolute atomic E-state index is 12.0. The Labute approximate surface area is 160 Å². The van der Waals surface area contributed by atoms with E-state index < -0.39 is 16.9 Å². The van der Waals surface area contributed by atoms with Crippen LogP contribution >= 0.6 is 0 Å². The lowest BCUT2D eigenvalue weighted by Crippen LogP contribution is -2.09. The third kappa shape index (κ3) is 5.13. The summed E-state index contributed by atoms with van der Waals surface area (Å²) in [6.07, 6.45) is 1.20. The number of hydrogen-bond donors (Lipinski definition) is 1. The van der Waals surface area contributed by atoms with Crippen LogP contribution in [0.25, 0.3) is 0 Å². The van der Waals surface area contributed by atoms with Crippen LogP contribution in [0.5, 0.6) is 5.75 Å². The van der Waals surface area contributed by atoms with E-state index >= 15 is 0 Å². The van der Waals surface area contributed by atoms with Crippen LogP contribution in [0.4, 0.5) is 11.4 Å². The summed E-state index contributed by atoms with van der Waals surface area (Å²) < 4.78 is 9.89. The fourth-order valence-corrected chi connectivity index (χ4v) is 2.25. The lowest BCUT2D eigenvalue weighted by molar-refractivity contribution is -0.384. The first-order valence-corrected chi connectivity index (χ1v) is 8.36. The van der Waals surface area contributed by atoms with Crippen molar-refractivity contribution in [2.24, 2.45) is 4.99 Å². The van der Waals surface area contributed by atoms with Crippen molar-refractivity contribution in [1.29, 1.82) is 0 Å². The van der Waals surface area contributed by atoms with Crippen molar-refractivity contribution >= 4 is 29.5 Å². The zero-order valence-corrected chi connectivity index (χ0v) is 15.2. The monoisotopic (exact) mass is 386 g/mol. The zero-order valence-electron chi connectivity index (χ0n) is 15.2.